The second-order valence-electron chi connectivity index (χ2n) is 8.00. The first-order valence-electron chi connectivity index (χ1n) is 10.1. The van der Waals surface area contributed by atoms with Gasteiger partial charge in [0, 0.05) is 31.2 Å². The van der Waals surface area contributed by atoms with Gasteiger partial charge >= 0.3 is 0 Å². The molecule has 1 aliphatic heterocycles. The summed E-state index contributed by atoms with van der Waals surface area (Å²) in [7, 11) is 0. The summed E-state index contributed by atoms with van der Waals surface area (Å²) in [4.78, 5) is 2.53. The van der Waals surface area contributed by atoms with Gasteiger partial charge in [0.05, 0.1) is 6.10 Å². The van der Waals surface area contributed by atoms with Crippen LogP contribution in [0.25, 0.3) is 0 Å². The van der Waals surface area contributed by atoms with Crippen LogP contribution in [-0.4, -0.2) is 52.4 Å². The van der Waals surface area contributed by atoms with Gasteiger partial charge in [-0.2, -0.15) is 0 Å². The molecule has 0 unspecified atom stereocenters. The molecule has 0 bridgehead atoms. The molecule has 3 N–H and O–H groups in total. The number of nitrogens with zero attached hydrogens (tertiary/aromatic N) is 1. The third kappa shape index (κ3) is 5.44. The lowest BCUT2D eigenvalue weighted by Crippen LogP contribution is -2.52. The Morgan fingerprint density at radius 2 is 1.76 bits per heavy atom. The number of nitrogens with one attached hydrogen (secondary N) is 1. The minimum absolute atomic E-state index is 0.109. The summed E-state index contributed by atoms with van der Waals surface area (Å²) in [5.41, 5.74) is 1.28. The van der Waals surface area contributed by atoms with Crippen LogP contribution in [0.4, 0.5) is 0 Å². The van der Waals surface area contributed by atoms with E-state index in [0.29, 0.717) is 23.9 Å². The van der Waals surface area contributed by atoms with Crippen LogP contribution in [0.1, 0.15) is 57.4 Å². The van der Waals surface area contributed by atoms with Crippen molar-refractivity contribution < 1.29 is 10.2 Å². The van der Waals surface area contributed by atoms with Crippen molar-refractivity contribution in [1.82, 2.24) is 10.2 Å². The maximum atomic E-state index is 10.3. The predicted molar refractivity (Wildman–Crippen MR) is 102 cm³/mol. The van der Waals surface area contributed by atoms with E-state index in [0.717, 1.165) is 32.4 Å². The predicted octanol–water partition coefficient (Wildman–Crippen LogP) is 3.07. The number of likely N-dealkylation sites (tertiary alicyclic amines) is 1. The molecular weight excluding hydrogens is 312 g/mol. The minimum Gasteiger partial charge on any atom is -0.508 e. The Morgan fingerprint density at radius 1 is 1.08 bits per heavy atom. The van der Waals surface area contributed by atoms with Crippen molar-refractivity contribution >= 4 is 0 Å². The zero-order valence-corrected chi connectivity index (χ0v) is 15.5. The fourth-order valence-electron chi connectivity index (χ4n) is 4.45. The van der Waals surface area contributed by atoms with Crippen molar-refractivity contribution in [3.8, 4) is 5.75 Å². The zero-order valence-electron chi connectivity index (χ0n) is 15.5. The molecule has 1 aromatic rings. The quantitative estimate of drug-likeness (QED) is 0.741. The summed E-state index contributed by atoms with van der Waals surface area (Å²) >= 11 is 0. The Balaban J connectivity index is 1.37. The van der Waals surface area contributed by atoms with Gasteiger partial charge in [-0.3, -0.25) is 4.90 Å². The van der Waals surface area contributed by atoms with E-state index in [-0.39, 0.29) is 6.10 Å². The molecule has 1 aliphatic carbocycles. The van der Waals surface area contributed by atoms with Crippen LogP contribution in [0.2, 0.25) is 0 Å². The maximum Gasteiger partial charge on any atom is 0.115 e. The molecular formula is C21H34N2O2. The van der Waals surface area contributed by atoms with Crippen molar-refractivity contribution in [3.05, 3.63) is 29.8 Å². The number of hydrogen-bond acceptors (Lipinski definition) is 4. The fourth-order valence-corrected chi connectivity index (χ4v) is 4.45. The van der Waals surface area contributed by atoms with Gasteiger partial charge in [0.25, 0.3) is 0 Å². The van der Waals surface area contributed by atoms with E-state index in [9.17, 15) is 10.2 Å². The van der Waals surface area contributed by atoms with Crippen molar-refractivity contribution in [1.29, 1.82) is 0 Å². The van der Waals surface area contributed by atoms with Crippen molar-refractivity contribution in [2.24, 2.45) is 0 Å². The van der Waals surface area contributed by atoms with Crippen LogP contribution in [0, 0.1) is 0 Å². The third-order valence-corrected chi connectivity index (χ3v) is 6.02. The summed E-state index contributed by atoms with van der Waals surface area (Å²) in [6, 6.07) is 9.07. The van der Waals surface area contributed by atoms with E-state index >= 15 is 0 Å². The van der Waals surface area contributed by atoms with Gasteiger partial charge in [-0.15, -0.1) is 0 Å². The highest BCUT2D eigenvalue weighted by molar-refractivity contribution is 5.25. The molecule has 140 valence electrons. The number of benzene rings is 1. The van der Waals surface area contributed by atoms with Gasteiger partial charge in [-0.05, 0) is 63.1 Å². The van der Waals surface area contributed by atoms with Crippen LogP contribution in [0.3, 0.4) is 0 Å². The first-order valence-corrected chi connectivity index (χ1v) is 10.1. The molecule has 3 atom stereocenters. The SMILES string of the molecule is C[C@H](CCc1ccc(O)cc1)NC1CCN([C@@H]2CCCC[C@@H]2O)CC1. The number of aryl methyl sites for hydroxylation is 1. The van der Waals surface area contributed by atoms with E-state index in [1.54, 1.807) is 12.1 Å². The standard InChI is InChI=1S/C21H34N2O2/c1-16(6-7-17-8-10-19(24)11-9-17)22-18-12-14-23(15-13-18)20-4-2-3-5-21(20)25/h8-11,16,18,20-22,24-25H,2-7,12-15H2,1H3/t16-,20-,21+/m1/s1. The summed E-state index contributed by atoms with van der Waals surface area (Å²) in [5.74, 6) is 0.338. The number of hydrogen-bond donors (Lipinski definition) is 3. The highest BCUT2D eigenvalue weighted by Gasteiger charge is 2.31. The summed E-state index contributed by atoms with van der Waals surface area (Å²) in [6.45, 7) is 4.51. The zero-order chi connectivity index (χ0) is 17.6. The largest absolute Gasteiger partial charge is 0.508 e. The molecule has 0 aromatic heterocycles. The van der Waals surface area contributed by atoms with Crippen LogP contribution in [0.15, 0.2) is 24.3 Å². The number of aliphatic hydroxyl groups excluding tert-OH is 1. The van der Waals surface area contributed by atoms with Gasteiger partial charge in [0.1, 0.15) is 5.75 Å². The molecule has 0 amide bonds. The van der Waals surface area contributed by atoms with Crippen molar-refractivity contribution in [2.75, 3.05) is 13.1 Å². The number of aromatic hydroxyl groups is 1. The topological polar surface area (TPSA) is 55.7 Å². The summed E-state index contributed by atoms with van der Waals surface area (Å²) in [5, 5.41) is 23.4. The Labute approximate surface area is 152 Å². The van der Waals surface area contributed by atoms with Gasteiger partial charge in [0.15, 0.2) is 0 Å². The highest BCUT2D eigenvalue weighted by atomic mass is 16.3. The minimum atomic E-state index is -0.109. The number of piperidine rings is 1. The first-order chi connectivity index (χ1) is 12.1. The molecule has 4 heteroatoms. The van der Waals surface area contributed by atoms with E-state index in [1.165, 1.54) is 37.7 Å². The van der Waals surface area contributed by atoms with E-state index in [2.05, 4.69) is 17.1 Å². The lowest BCUT2D eigenvalue weighted by atomic mass is 9.89. The van der Waals surface area contributed by atoms with Crippen LogP contribution >= 0.6 is 0 Å². The molecule has 0 spiro atoms. The molecule has 0 radical (unpaired) electrons. The second-order valence-corrected chi connectivity index (χ2v) is 8.00. The Bertz CT molecular complexity index is 511. The Kier molecular flexibility index (Phi) is 6.74. The normalized spacial score (nSPS) is 27.3. The van der Waals surface area contributed by atoms with Gasteiger partial charge in [0.2, 0.25) is 0 Å². The Hall–Kier alpha value is -1.10. The average molecular weight is 347 g/mol. The highest BCUT2D eigenvalue weighted by Crippen LogP contribution is 2.26. The lowest BCUT2D eigenvalue weighted by Gasteiger charge is -2.42. The van der Waals surface area contributed by atoms with E-state index < -0.39 is 0 Å². The van der Waals surface area contributed by atoms with Crippen molar-refractivity contribution in [3.63, 3.8) is 0 Å². The molecule has 1 saturated carbocycles. The summed E-state index contributed by atoms with van der Waals surface area (Å²) in [6.07, 6.45) is 9.04. The molecule has 2 fully saturated rings. The maximum absolute atomic E-state index is 10.3. The number of phenols is 1. The number of phenolic OH excluding ortho intramolecular Hbond substituents is 1. The van der Waals surface area contributed by atoms with Crippen LogP contribution < -0.4 is 5.32 Å². The smallest absolute Gasteiger partial charge is 0.115 e. The third-order valence-electron chi connectivity index (χ3n) is 6.02. The van der Waals surface area contributed by atoms with E-state index in [1.807, 2.05) is 12.1 Å². The fraction of sp³-hybridized carbons (Fsp3) is 0.714. The van der Waals surface area contributed by atoms with Gasteiger partial charge in [-0.1, -0.05) is 25.0 Å². The van der Waals surface area contributed by atoms with Crippen molar-refractivity contribution in [2.45, 2.75) is 82.5 Å². The second kappa shape index (κ2) is 9.02. The van der Waals surface area contributed by atoms with Gasteiger partial charge < -0.3 is 15.5 Å². The average Bonchev–Trinajstić information content (AvgIpc) is 2.62. The van der Waals surface area contributed by atoms with Crippen LogP contribution in [0.5, 0.6) is 5.75 Å². The molecule has 2 aliphatic rings. The molecule has 25 heavy (non-hydrogen) atoms. The monoisotopic (exact) mass is 346 g/mol. The van der Waals surface area contributed by atoms with Gasteiger partial charge in [-0.25, -0.2) is 0 Å². The lowest BCUT2D eigenvalue weighted by molar-refractivity contribution is 0.00667. The molecule has 3 rings (SSSR count). The first kappa shape index (κ1) is 18.7. The Morgan fingerprint density at radius 3 is 2.44 bits per heavy atom. The number of rotatable bonds is 6. The molecule has 1 heterocycles. The molecule has 1 saturated heterocycles. The molecule has 1 aromatic carbocycles. The number of aliphatic hydroxyl groups is 1. The summed E-state index contributed by atoms with van der Waals surface area (Å²) < 4.78 is 0. The molecule has 4 nitrogen and oxygen atoms in total. The van der Waals surface area contributed by atoms with Crippen LogP contribution in [-0.2, 0) is 6.42 Å². The van der Waals surface area contributed by atoms with E-state index in [4.69, 9.17) is 0 Å².